The summed E-state index contributed by atoms with van der Waals surface area (Å²) in [5, 5.41) is 6.69. The lowest BCUT2D eigenvalue weighted by molar-refractivity contribution is -0.121. The first kappa shape index (κ1) is 23.3. The van der Waals surface area contributed by atoms with Gasteiger partial charge in [-0.3, -0.25) is 9.10 Å². The van der Waals surface area contributed by atoms with Crippen LogP contribution in [0.5, 0.6) is 5.75 Å². The zero-order chi connectivity index (χ0) is 23.1. The highest BCUT2D eigenvalue weighted by Gasteiger charge is 2.21. The lowest BCUT2D eigenvalue weighted by Crippen LogP contribution is -2.32. The van der Waals surface area contributed by atoms with Crippen LogP contribution in [0.25, 0.3) is 11.4 Å². The number of sulfonamides is 1. The number of aromatic nitrogens is 2. The number of amides is 1. The Balaban J connectivity index is 1.54. The number of carbonyl (C=O) groups is 1. The van der Waals surface area contributed by atoms with E-state index >= 15 is 0 Å². The molecule has 3 rings (SSSR count). The Morgan fingerprint density at radius 2 is 1.88 bits per heavy atom. The van der Waals surface area contributed by atoms with Gasteiger partial charge in [-0.2, -0.15) is 4.98 Å². The maximum Gasteiger partial charge on any atom is 0.246 e. The van der Waals surface area contributed by atoms with Gasteiger partial charge in [0.05, 0.1) is 25.6 Å². The number of ether oxygens (including phenoxy) is 1. The molecule has 0 unspecified atom stereocenters. The second-order valence-electron chi connectivity index (χ2n) is 7.21. The molecule has 3 aromatic rings. The Morgan fingerprint density at radius 3 is 2.59 bits per heavy atom. The van der Waals surface area contributed by atoms with Crippen molar-refractivity contribution in [3.63, 3.8) is 0 Å². The van der Waals surface area contributed by atoms with Crippen molar-refractivity contribution in [3.05, 3.63) is 60.0 Å². The number of para-hydroxylation sites is 2. The molecule has 0 aliphatic heterocycles. The van der Waals surface area contributed by atoms with Crippen LogP contribution in [0.2, 0.25) is 0 Å². The highest BCUT2D eigenvalue weighted by Crippen LogP contribution is 2.29. The number of nitrogens with one attached hydrogen (secondary N) is 1. The van der Waals surface area contributed by atoms with E-state index in [0.29, 0.717) is 29.6 Å². The summed E-state index contributed by atoms with van der Waals surface area (Å²) in [7, 11) is -2.06. The molecule has 0 aliphatic carbocycles. The van der Waals surface area contributed by atoms with E-state index in [9.17, 15) is 13.2 Å². The minimum atomic E-state index is -3.54. The third-order valence-electron chi connectivity index (χ3n) is 4.81. The van der Waals surface area contributed by atoms with Gasteiger partial charge < -0.3 is 14.6 Å². The van der Waals surface area contributed by atoms with E-state index in [1.807, 2.05) is 31.2 Å². The van der Waals surface area contributed by atoms with Crippen molar-refractivity contribution in [1.29, 1.82) is 0 Å². The third kappa shape index (κ3) is 5.85. The average Bonchev–Trinajstić information content (AvgIpc) is 3.23. The fourth-order valence-electron chi connectivity index (χ4n) is 3.21. The number of nitrogens with zero attached hydrogens (tertiary/aromatic N) is 3. The maximum absolute atomic E-state index is 12.3. The molecular weight excluding hydrogens is 432 g/mol. The third-order valence-corrected chi connectivity index (χ3v) is 5.99. The molecule has 2 aromatic carbocycles. The van der Waals surface area contributed by atoms with Crippen LogP contribution in [-0.2, 0) is 21.4 Å². The van der Waals surface area contributed by atoms with Crippen LogP contribution < -0.4 is 14.4 Å². The van der Waals surface area contributed by atoms with Crippen molar-refractivity contribution in [2.45, 2.75) is 26.3 Å². The van der Waals surface area contributed by atoms with Gasteiger partial charge in [-0.05, 0) is 31.0 Å². The lowest BCUT2D eigenvalue weighted by Gasteiger charge is -2.24. The molecule has 32 heavy (non-hydrogen) atoms. The van der Waals surface area contributed by atoms with E-state index in [2.05, 4.69) is 15.5 Å². The first-order valence-electron chi connectivity index (χ1n) is 10.1. The molecule has 0 fully saturated rings. The molecule has 0 saturated heterocycles. The molecular formula is C22H26N4O5S. The summed E-state index contributed by atoms with van der Waals surface area (Å²) in [6.45, 7) is 2.20. The number of hydrogen-bond acceptors (Lipinski definition) is 7. The van der Waals surface area contributed by atoms with Crippen molar-refractivity contribution in [3.8, 4) is 17.1 Å². The molecule has 0 spiro atoms. The lowest BCUT2D eigenvalue weighted by atomic mass is 10.1. The van der Waals surface area contributed by atoms with Crippen LogP contribution in [0.4, 0.5) is 5.69 Å². The number of rotatable bonds is 10. The van der Waals surface area contributed by atoms with Gasteiger partial charge in [0.25, 0.3) is 0 Å². The molecule has 1 heterocycles. The summed E-state index contributed by atoms with van der Waals surface area (Å²) in [4.78, 5) is 16.6. The van der Waals surface area contributed by atoms with Crippen molar-refractivity contribution in [1.82, 2.24) is 15.5 Å². The van der Waals surface area contributed by atoms with Crippen molar-refractivity contribution in [2.75, 3.05) is 24.2 Å². The quantitative estimate of drug-likeness (QED) is 0.497. The zero-order valence-corrected chi connectivity index (χ0v) is 19.1. The largest absolute Gasteiger partial charge is 0.495 e. The van der Waals surface area contributed by atoms with Gasteiger partial charge in [0.15, 0.2) is 0 Å². The molecule has 10 heteroatoms. The molecule has 1 N–H and O–H groups in total. The Bertz CT molecular complexity index is 1180. The van der Waals surface area contributed by atoms with Gasteiger partial charge in [0.2, 0.25) is 27.6 Å². The summed E-state index contributed by atoms with van der Waals surface area (Å²) in [5.41, 5.74) is 2.33. The van der Waals surface area contributed by atoms with Gasteiger partial charge >= 0.3 is 0 Å². The highest BCUT2D eigenvalue weighted by atomic mass is 32.2. The van der Waals surface area contributed by atoms with E-state index in [1.54, 1.807) is 24.3 Å². The fraction of sp³-hybridized carbons (Fsp3) is 0.318. The number of aryl methyl sites for hydroxylation is 1. The maximum atomic E-state index is 12.3. The van der Waals surface area contributed by atoms with Gasteiger partial charge in [0, 0.05) is 18.5 Å². The monoisotopic (exact) mass is 458 g/mol. The van der Waals surface area contributed by atoms with Crippen LogP contribution in [-0.4, -0.2) is 44.4 Å². The summed E-state index contributed by atoms with van der Waals surface area (Å²) >= 11 is 0. The normalized spacial score (nSPS) is 11.2. The summed E-state index contributed by atoms with van der Waals surface area (Å²) in [5.74, 6) is 0.966. The van der Waals surface area contributed by atoms with Crippen LogP contribution in [0, 0.1) is 6.92 Å². The molecule has 0 radical (unpaired) electrons. The fourth-order valence-corrected chi connectivity index (χ4v) is 4.18. The molecule has 0 saturated carbocycles. The molecule has 1 aromatic heterocycles. The second kappa shape index (κ2) is 10.3. The van der Waals surface area contributed by atoms with Crippen molar-refractivity contribution in [2.24, 2.45) is 0 Å². The van der Waals surface area contributed by atoms with E-state index in [-0.39, 0.29) is 25.4 Å². The van der Waals surface area contributed by atoms with Gasteiger partial charge in [-0.25, -0.2) is 8.42 Å². The molecule has 0 bridgehead atoms. The van der Waals surface area contributed by atoms with Crippen molar-refractivity contribution >= 4 is 21.6 Å². The summed E-state index contributed by atoms with van der Waals surface area (Å²) < 4.78 is 36.3. The minimum absolute atomic E-state index is 0.0972. The topological polar surface area (TPSA) is 115 Å². The molecule has 1 amide bonds. The van der Waals surface area contributed by atoms with E-state index < -0.39 is 10.0 Å². The Hall–Kier alpha value is -3.40. The number of hydrogen-bond donors (Lipinski definition) is 1. The summed E-state index contributed by atoms with van der Waals surface area (Å²) in [6.07, 6.45) is 1.59. The zero-order valence-electron chi connectivity index (χ0n) is 18.2. The molecule has 0 aliphatic rings. The Labute approximate surface area is 187 Å². The SMILES string of the molecule is COc1ccccc1N(CCCC(=O)NCc1nc(-c2ccccc2C)no1)S(C)(=O)=O. The molecule has 9 nitrogen and oxygen atoms in total. The molecule has 0 atom stereocenters. The number of benzene rings is 2. The van der Waals surface area contributed by atoms with Gasteiger partial charge in [0.1, 0.15) is 5.75 Å². The first-order chi connectivity index (χ1) is 15.3. The predicted octanol–water partition coefficient (Wildman–Crippen LogP) is 2.92. The smallest absolute Gasteiger partial charge is 0.246 e. The minimum Gasteiger partial charge on any atom is -0.495 e. The number of anilines is 1. The first-order valence-corrected chi connectivity index (χ1v) is 11.9. The van der Waals surface area contributed by atoms with Gasteiger partial charge in [-0.15, -0.1) is 0 Å². The average molecular weight is 459 g/mol. The van der Waals surface area contributed by atoms with Crippen LogP contribution in [0.3, 0.4) is 0 Å². The number of carbonyl (C=O) groups excluding carboxylic acids is 1. The van der Waals surface area contributed by atoms with Crippen LogP contribution >= 0.6 is 0 Å². The van der Waals surface area contributed by atoms with Crippen LogP contribution in [0.15, 0.2) is 53.1 Å². The summed E-state index contributed by atoms with van der Waals surface area (Å²) in [6, 6.07) is 14.5. The Kier molecular flexibility index (Phi) is 7.47. The molecule has 170 valence electrons. The van der Waals surface area contributed by atoms with E-state index in [0.717, 1.165) is 17.4 Å². The van der Waals surface area contributed by atoms with E-state index in [1.165, 1.54) is 11.4 Å². The standard InChI is InChI=1S/C22H26N4O5S/c1-16-9-4-5-10-17(16)22-24-21(31-25-22)15-23-20(27)13-8-14-26(32(3,28)29)18-11-6-7-12-19(18)30-2/h4-7,9-12H,8,13-15H2,1-3H3,(H,23,27). The van der Waals surface area contributed by atoms with Crippen molar-refractivity contribution < 1.29 is 22.5 Å². The highest BCUT2D eigenvalue weighted by molar-refractivity contribution is 7.92. The van der Waals surface area contributed by atoms with Crippen LogP contribution in [0.1, 0.15) is 24.3 Å². The van der Waals surface area contributed by atoms with Gasteiger partial charge in [-0.1, -0.05) is 41.6 Å². The Morgan fingerprint density at radius 1 is 1.16 bits per heavy atom. The van der Waals surface area contributed by atoms with E-state index in [4.69, 9.17) is 9.26 Å². The second-order valence-corrected chi connectivity index (χ2v) is 9.12. The number of methoxy groups -OCH3 is 1. The predicted molar refractivity (Wildman–Crippen MR) is 121 cm³/mol.